The Hall–Kier alpha value is -0.920. The second-order valence-electron chi connectivity index (χ2n) is 5.66. The molecule has 7 heteroatoms. The van der Waals surface area contributed by atoms with Crippen molar-refractivity contribution in [2.24, 2.45) is 5.92 Å². The molecule has 0 radical (unpaired) electrons. The predicted octanol–water partition coefficient (Wildman–Crippen LogP) is 1.88. The fourth-order valence-corrected chi connectivity index (χ4v) is 3.94. The van der Waals surface area contributed by atoms with Crippen LogP contribution in [0.15, 0.2) is 5.03 Å². The van der Waals surface area contributed by atoms with E-state index in [1.54, 1.807) is 0 Å². The number of aromatic amines is 1. The van der Waals surface area contributed by atoms with Crippen LogP contribution in [0, 0.1) is 12.8 Å². The lowest BCUT2D eigenvalue weighted by atomic mass is 10.2. The number of hydrogen-bond donors (Lipinski definition) is 2. The maximum atomic E-state index is 12.8. The van der Waals surface area contributed by atoms with Gasteiger partial charge in [0.25, 0.3) is 10.0 Å². The SMILES string of the molecule is CCCNCc1c(S(=O)(=O)N(CC)CC(C)C)n[nH]c1C. The van der Waals surface area contributed by atoms with Crippen LogP contribution >= 0.6 is 0 Å². The van der Waals surface area contributed by atoms with Crippen LogP contribution in [0.3, 0.4) is 0 Å². The summed E-state index contributed by atoms with van der Waals surface area (Å²) in [5.41, 5.74) is 1.54. The number of aryl methyl sites for hydroxylation is 1. The Balaban J connectivity index is 3.07. The first-order valence-corrected chi connectivity index (χ1v) is 9.03. The molecule has 0 atom stereocenters. The van der Waals surface area contributed by atoms with Gasteiger partial charge >= 0.3 is 0 Å². The summed E-state index contributed by atoms with van der Waals surface area (Å²) in [5.74, 6) is 0.279. The molecule has 1 rings (SSSR count). The molecule has 0 saturated carbocycles. The van der Waals surface area contributed by atoms with Crippen molar-refractivity contribution in [3.8, 4) is 0 Å². The van der Waals surface area contributed by atoms with E-state index in [4.69, 9.17) is 0 Å². The van der Waals surface area contributed by atoms with E-state index in [1.807, 2.05) is 27.7 Å². The van der Waals surface area contributed by atoms with Crippen LogP contribution in [0.4, 0.5) is 0 Å². The molecule has 0 aromatic carbocycles. The average molecular weight is 316 g/mol. The van der Waals surface area contributed by atoms with Gasteiger partial charge in [-0.3, -0.25) is 5.10 Å². The zero-order valence-corrected chi connectivity index (χ0v) is 14.5. The van der Waals surface area contributed by atoms with Crippen LogP contribution in [0.1, 0.15) is 45.4 Å². The summed E-state index contributed by atoms with van der Waals surface area (Å²) < 4.78 is 27.1. The summed E-state index contributed by atoms with van der Waals surface area (Å²) in [6, 6.07) is 0. The van der Waals surface area contributed by atoms with Gasteiger partial charge in [-0.1, -0.05) is 27.7 Å². The largest absolute Gasteiger partial charge is 0.313 e. The third-order valence-corrected chi connectivity index (χ3v) is 5.18. The van der Waals surface area contributed by atoms with E-state index in [2.05, 4.69) is 22.4 Å². The minimum atomic E-state index is -3.54. The highest BCUT2D eigenvalue weighted by atomic mass is 32.2. The van der Waals surface area contributed by atoms with Gasteiger partial charge in [-0.15, -0.1) is 0 Å². The minimum Gasteiger partial charge on any atom is -0.313 e. The normalized spacial score (nSPS) is 12.5. The van der Waals surface area contributed by atoms with Crippen LogP contribution in [0.25, 0.3) is 0 Å². The second kappa shape index (κ2) is 7.91. The fraction of sp³-hybridized carbons (Fsp3) is 0.786. The Kier molecular flexibility index (Phi) is 6.83. The molecule has 122 valence electrons. The highest BCUT2D eigenvalue weighted by molar-refractivity contribution is 7.89. The van der Waals surface area contributed by atoms with Crippen molar-refractivity contribution in [3.05, 3.63) is 11.3 Å². The third kappa shape index (κ3) is 4.52. The molecular formula is C14H28N4O2S. The molecule has 0 aliphatic carbocycles. The first kappa shape index (κ1) is 18.1. The van der Waals surface area contributed by atoms with Crippen molar-refractivity contribution in [1.82, 2.24) is 19.8 Å². The fourth-order valence-electron chi connectivity index (χ4n) is 2.17. The molecule has 0 saturated heterocycles. The number of H-pyrrole nitrogens is 1. The third-order valence-electron chi connectivity index (χ3n) is 3.27. The molecule has 0 spiro atoms. The van der Waals surface area contributed by atoms with E-state index in [0.29, 0.717) is 19.6 Å². The van der Waals surface area contributed by atoms with Gasteiger partial charge in [-0.05, 0) is 25.8 Å². The highest BCUT2D eigenvalue weighted by Gasteiger charge is 2.29. The lowest BCUT2D eigenvalue weighted by Crippen LogP contribution is -2.35. The lowest BCUT2D eigenvalue weighted by Gasteiger charge is -2.21. The van der Waals surface area contributed by atoms with Gasteiger partial charge in [-0.25, -0.2) is 8.42 Å². The summed E-state index contributed by atoms with van der Waals surface area (Å²) in [4.78, 5) is 0. The summed E-state index contributed by atoms with van der Waals surface area (Å²) >= 11 is 0. The zero-order chi connectivity index (χ0) is 16.0. The lowest BCUT2D eigenvalue weighted by molar-refractivity contribution is 0.379. The van der Waals surface area contributed by atoms with E-state index in [9.17, 15) is 8.42 Å². The highest BCUT2D eigenvalue weighted by Crippen LogP contribution is 2.21. The molecule has 0 fully saturated rings. The molecule has 1 heterocycles. The number of nitrogens with one attached hydrogen (secondary N) is 2. The van der Waals surface area contributed by atoms with Gasteiger partial charge in [0.05, 0.1) is 0 Å². The molecule has 0 bridgehead atoms. The molecule has 2 N–H and O–H groups in total. The van der Waals surface area contributed by atoms with Gasteiger partial charge in [0, 0.05) is 30.9 Å². The van der Waals surface area contributed by atoms with E-state index < -0.39 is 10.0 Å². The summed E-state index contributed by atoms with van der Waals surface area (Å²) in [7, 11) is -3.54. The molecule has 1 aromatic heterocycles. The van der Waals surface area contributed by atoms with Crippen molar-refractivity contribution in [3.63, 3.8) is 0 Å². The summed E-state index contributed by atoms with van der Waals surface area (Å²) in [6.07, 6.45) is 1.01. The van der Waals surface area contributed by atoms with Crippen LogP contribution < -0.4 is 5.32 Å². The first-order valence-electron chi connectivity index (χ1n) is 7.59. The molecule has 0 aliphatic rings. The Labute approximate surface area is 128 Å². The first-order chi connectivity index (χ1) is 9.84. The minimum absolute atomic E-state index is 0.158. The maximum absolute atomic E-state index is 12.8. The van der Waals surface area contributed by atoms with Crippen molar-refractivity contribution in [1.29, 1.82) is 0 Å². The van der Waals surface area contributed by atoms with Crippen molar-refractivity contribution < 1.29 is 8.42 Å². The molecule has 21 heavy (non-hydrogen) atoms. The second-order valence-corrected chi connectivity index (χ2v) is 7.51. The molecule has 0 amide bonds. The van der Waals surface area contributed by atoms with Gasteiger partial charge < -0.3 is 5.32 Å². The molecule has 6 nitrogen and oxygen atoms in total. The van der Waals surface area contributed by atoms with Crippen LogP contribution in [0.2, 0.25) is 0 Å². The molecular weight excluding hydrogens is 288 g/mol. The summed E-state index contributed by atoms with van der Waals surface area (Å²) in [5, 5.41) is 10.3. The smallest absolute Gasteiger partial charge is 0.262 e. The Morgan fingerprint density at radius 2 is 2.00 bits per heavy atom. The maximum Gasteiger partial charge on any atom is 0.262 e. The zero-order valence-electron chi connectivity index (χ0n) is 13.7. The Morgan fingerprint density at radius 1 is 1.33 bits per heavy atom. The standard InChI is InChI=1S/C14H28N4O2S/c1-6-8-15-9-13-12(5)16-17-14(13)21(19,20)18(7-2)10-11(3)4/h11,15H,6-10H2,1-5H3,(H,16,17). The Bertz CT molecular complexity index is 537. The van der Waals surface area contributed by atoms with E-state index in [1.165, 1.54) is 4.31 Å². The molecule has 0 aliphatic heterocycles. The number of aromatic nitrogens is 2. The van der Waals surface area contributed by atoms with E-state index in [0.717, 1.165) is 24.2 Å². The van der Waals surface area contributed by atoms with Gasteiger partial charge in [0.15, 0.2) is 5.03 Å². The van der Waals surface area contributed by atoms with Crippen LogP contribution in [-0.4, -0.2) is 42.6 Å². The predicted molar refractivity (Wildman–Crippen MR) is 84.6 cm³/mol. The quantitative estimate of drug-likeness (QED) is 0.682. The van der Waals surface area contributed by atoms with E-state index >= 15 is 0 Å². The van der Waals surface area contributed by atoms with Crippen molar-refractivity contribution >= 4 is 10.0 Å². The molecule has 1 aromatic rings. The number of sulfonamides is 1. The van der Waals surface area contributed by atoms with Gasteiger partial charge in [-0.2, -0.15) is 9.40 Å². The van der Waals surface area contributed by atoms with Crippen LogP contribution in [0.5, 0.6) is 0 Å². The van der Waals surface area contributed by atoms with Crippen molar-refractivity contribution in [2.75, 3.05) is 19.6 Å². The van der Waals surface area contributed by atoms with Crippen LogP contribution in [-0.2, 0) is 16.6 Å². The van der Waals surface area contributed by atoms with E-state index in [-0.39, 0.29) is 10.9 Å². The number of nitrogens with zero attached hydrogens (tertiary/aromatic N) is 2. The Morgan fingerprint density at radius 3 is 2.52 bits per heavy atom. The number of rotatable bonds is 9. The summed E-state index contributed by atoms with van der Waals surface area (Å²) in [6.45, 7) is 12.1. The molecule has 0 unspecified atom stereocenters. The van der Waals surface area contributed by atoms with Gasteiger partial charge in [0.2, 0.25) is 0 Å². The topological polar surface area (TPSA) is 78.1 Å². The average Bonchev–Trinajstić information content (AvgIpc) is 2.78. The number of hydrogen-bond acceptors (Lipinski definition) is 4. The van der Waals surface area contributed by atoms with Crippen molar-refractivity contribution in [2.45, 2.75) is 52.6 Å². The monoisotopic (exact) mass is 316 g/mol. The van der Waals surface area contributed by atoms with Gasteiger partial charge in [0.1, 0.15) is 0 Å².